The first-order valence-corrected chi connectivity index (χ1v) is 9.90. The molecule has 0 saturated heterocycles. The van der Waals surface area contributed by atoms with Crippen LogP contribution in [0.25, 0.3) is 11.3 Å². The fourth-order valence-electron chi connectivity index (χ4n) is 2.86. The molecule has 0 fully saturated rings. The van der Waals surface area contributed by atoms with Crippen molar-refractivity contribution in [2.45, 2.75) is 20.4 Å². The lowest BCUT2D eigenvalue weighted by Crippen LogP contribution is -2.17. The standard InChI is InChI=1S/C20H18Cl2N2O2S/c1-4-24-18(13-5-7-14(21)8-6-13)12(2)27-20(24)23-19(25)16-11-15(22)9-10-17(16)26-3/h5-11H,4H2,1-3H3. The highest BCUT2D eigenvalue weighted by atomic mass is 35.5. The van der Waals surface area contributed by atoms with Gasteiger partial charge < -0.3 is 9.30 Å². The van der Waals surface area contributed by atoms with E-state index in [4.69, 9.17) is 27.9 Å². The number of hydrogen-bond acceptors (Lipinski definition) is 3. The van der Waals surface area contributed by atoms with Crippen LogP contribution in [0, 0.1) is 6.92 Å². The van der Waals surface area contributed by atoms with Gasteiger partial charge in [0.25, 0.3) is 5.91 Å². The first kappa shape index (κ1) is 19.7. The van der Waals surface area contributed by atoms with E-state index in [0.29, 0.717) is 32.7 Å². The Kier molecular flexibility index (Phi) is 6.05. The minimum Gasteiger partial charge on any atom is -0.496 e. The van der Waals surface area contributed by atoms with E-state index in [1.165, 1.54) is 18.4 Å². The van der Waals surface area contributed by atoms with E-state index in [2.05, 4.69) is 4.99 Å². The van der Waals surface area contributed by atoms with Crippen LogP contribution >= 0.6 is 34.5 Å². The van der Waals surface area contributed by atoms with Crippen LogP contribution in [-0.4, -0.2) is 17.6 Å². The molecule has 3 aromatic rings. The van der Waals surface area contributed by atoms with Gasteiger partial charge in [0.1, 0.15) is 5.75 Å². The van der Waals surface area contributed by atoms with Crippen molar-refractivity contribution in [3.8, 4) is 17.0 Å². The van der Waals surface area contributed by atoms with Crippen molar-refractivity contribution in [1.29, 1.82) is 0 Å². The zero-order chi connectivity index (χ0) is 19.6. The van der Waals surface area contributed by atoms with Crippen LogP contribution in [-0.2, 0) is 6.54 Å². The number of carbonyl (C=O) groups is 1. The van der Waals surface area contributed by atoms with Crippen molar-refractivity contribution >= 4 is 40.4 Å². The van der Waals surface area contributed by atoms with Gasteiger partial charge >= 0.3 is 0 Å². The van der Waals surface area contributed by atoms with Crippen molar-refractivity contribution in [1.82, 2.24) is 4.57 Å². The Bertz CT molecular complexity index is 1050. The summed E-state index contributed by atoms with van der Waals surface area (Å²) < 4.78 is 7.30. The number of halogens is 2. The Labute approximate surface area is 171 Å². The molecule has 27 heavy (non-hydrogen) atoms. The van der Waals surface area contributed by atoms with Gasteiger partial charge in [0.05, 0.1) is 18.4 Å². The molecule has 0 aliphatic carbocycles. The molecule has 7 heteroatoms. The van der Waals surface area contributed by atoms with Crippen LogP contribution < -0.4 is 9.54 Å². The van der Waals surface area contributed by atoms with E-state index < -0.39 is 0 Å². The molecule has 1 heterocycles. The predicted octanol–water partition coefficient (Wildman–Crippen LogP) is 5.60. The molecule has 140 valence electrons. The predicted molar refractivity (Wildman–Crippen MR) is 111 cm³/mol. The Morgan fingerprint density at radius 2 is 1.81 bits per heavy atom. The summed E-state index contributed by atoms with van der Waals surface area (Å²) in [7, 11) is 1.51. The van der Waals surface area contributed by atoms with Gasteiger partial charge in [-0.2, -0.15) is 4.99 Å². The molecule has 0 atom stereocenters. The molecule has 0 saturated carbocycles. The molecule has 3 rings (SSSR count). The summed E-state index contributed by atoms with van der Waals surface area (Å²) in [6.07, 6.45) is 0. The highest BCUT2D eigenvalue weighted by molar-refractivity contribution is 7.09. The molecule has 0 unspecified atom stereocenters. The van der Waals surface area contributed by atoms with Crippen LogP contribution in [0.4, 0.5) is 0 Å². The van der Waals surface area contributed by atoms with Gasteiger partial charge in [-0.3, -0.25) is 4.79 Å². The second kappa shape index (κ2) is 8.30. The summed E-state index contributed by atoms with van der Waals surface area (Å²) in [5, 5.41) is 1.14. The highest BCUT2D eigenvalue weighted by Crippen LogP contribution is 2.27. The maximum absolute atomic E-state index is 12.8. The largest absolute Gasteiger partial charge is 0.496 e. The molecule has 1 amide bonds. The zero-order valence-corrected chi connectivity index (χ0v) is 17.5. The minimum absolute atomic E-state index is 0.340. The van der Waals surface area contributed by atoms with Crippen LogP contribution in [0.3, 0.4) is 0 Å². The molecule has 2 aromatic carbocycles. The van der Waals surface area contributed by atoms with Gasteiger partial charge in [0, 0.05) is 21.5 Å². The average Bonchev–Trinajstić information content (AvgIpc) is 2.97. The third kappa shape index (κ3) is 4.10. The summed E-state index contributed by atoms with van der Waals surface area (Å²) in [4.78, 5) is 18.8. The maximum Gasteiger partial charge on any atom is 0.283 e. The lowest BCUT2D eigenvalue weighted by atomic mass is 10.1. The molecular formula is C20H18Cl2N2O2S. The van der Waals surface area contributed by atoms with Crippen molar-refractivity contribution in [2.75, 3.05) is 7.11 Å². The second-order valence-corrected chi connectivity index (χ2v) is 7.86. The monoisotopic (exact) mass is 420 g/mol. The fraction of sp³-hybridized carbons (Fsp3) is 0.200. The summed E-state index contributed by atoms with van der Waals surface area (Å²) in [5.41, 5.74) is 2.40. The lowest BCUT2D eigenvalue weighted by molar-refractivity contribution is 0.0995. The van der Waals surface area contributed by atoms with E-state index in [0.717, 1.165) is 16.1 Å². The first-order valence-electron chi connectivity index (χ1n) is 8.33. The quantitative estimate of drug-likeness (QED) is 0.550. The van der Waals surface area contributed by atoms with E-state index in [-0.39, 0.29) is 5.91 Å². The van der Waals surface area contributed by atoms with E-state index >= 15 is 0 Å². The number of ether oxygens (including phenoxy) is 1. The number of hydrogen-bond donors (Lipinski definition) is 0. The number of thiazole rings is 1. The fourth-order valence-corrected chi connectivity index (χ4v) is 4.22. The Morgan fingerprint density at radius 1 is 1.15 bits per heavy atom. The molecule has 0 aliphatic heterocycles. The number of rotatable bonds is 4. The van der Waals surface area contributed by atoms with Crippen molar-refractivity contribution in [2.24, 2.45) is 4.99 Å². The number of nitrogens with zero attached hydrogens (tertiary/aromatic N) is 2. The Hall–Kier alpha value is -2.08. The van der Waals surface area contributed by atoms with Crippen LogP contribution in [0.1, 0.15) is 22.2 Å². The minimum atomic E-state index is -0.388. The maximum atomic E-state index is 12.8. The van der Waals surface area contributed by atoms with E-state index in [1.807, 2.05) is 42.7 Å². The van der Waals surface area contributed by atoms with Crippen molar-refractivity contribution in [3.63, 3.8) is 0 Å². The number of amides is 1. The third-order valence-corrected chi connectivity index (χ3v) is 5.58. The number of aryl methyl sites for hydroxylation is 1. The van der Waals surface area contributed by atoms with Gasteiger partial charge in [0.2, 0.25) is 0 Å². The summed E-state index contributed by atoms with van der Waals surface area (Å²) in [5.74, 6) is 0.0582. The molecule has 0 N–H and O–H groups in total. The normalized spacial score (nSPS) is 11.7. The van der Waals surface area contributed by atoms with E-state index in [9.17, 15) is 4.79 Å². The Morgan fingerprint density at radius 3 is 2.44 bits per heavy atom. The highest BCUT2D eigenvalue weighted by Gasteiger charge is 2.16. The zero-order valence-electron chi connectivity index (χ0n) is 15.1. The van der Waals surface area contributed by atoms with Gasteiger partial charge in [0.15, 0.2) is 4.80 Å². The molecule has 0 radical (unpaired) electrons. The third-order valence-electron chi connectivity index (χ3n) is 4.10. The SMILES string of the molecule is CCn1c(-c2ccc(Cl)cc2)c(C)sc1=NC(=O)c1cc(Cl)ccc1OC. The molecule has 0 aliphatic rings. The number of aromatic nitrogens is 1. The number of methoxy groups -OCH3 is 1. The van der Waals surface area contributed by atoms with Gasteiger partial charge in [-0.05, 0) is 49.7 Å². The number of carbonyl (C=O) groups excluding carboxylic acids is 1. The molecule has 4 nitrogen and oxygen atoms in total. The van der Waals surface area contributed by atoms with Crippen LogP contribution in [0.5, 0.6) is 5.75 Å². The van der Waals surface area contributed by atoms with Crippen molar-refractivity contribution < 1.29 is 9.53 Å². The lowest BCUT2D eigenvalue weighted by Gasteiger charge is -2.08. The topological polar surface area (TPSA) is 43.6 Å². The summed E-state index contributed by atoms with van der Waals surface area (Å²) in [6, 6.07) is 12.6. The second-order valence-electron chi connectivity index (χ2n) is 5.80. The molecule has 0 spiro atoms. The van der Waals surface area contributed by atoms with Crippen LogP contribution in [0.15, 0.2) is 47.5 Å². The Balaban J connectivity index is 2.12. The van der Waals surface area contributed by atoms with Gasteiger partial charge in [-0.1, -0.05) is 35.3 Å². The molecule has 0 bridgehead atoms. The van der Waals surface area contributed by atoms with Gasteiger partial charge in [-0.15, -0.1) is 11.3 Å². The summed E-state index contributed by atoms with van der Waals surface area (Å²) >= 11 is 13.5. The number of benzene rings is 2. The summed E-state index contributed by atoms with van der Waals surface area (Å²) in [6.45, 7) is 4.72. The molecular weight excluding hydrogens is 403 g/mol. The van der Waals surface area contributed by atoms with Crippen LogP contribution in [0.2, 0.25) is 10.0 Å². The van der Waals surface area contributed by atoms with Gasteiger partial charge in [-0.25, -0.2) is 0 Å². The first-order chi connectivity index (χ1) is 12.9. The average molecular weight is 421 g/mol. The van der Waals surface area contributed by atoms with Crippen molar-refractivity contribution in [3.05, 3.63) is 67.8 Å². The molecule has 1 aromatic heterocycles. The smallest absolute Gasteiger partial charge is 0.283 e. The van der Waals surface area contributed by atoms with E-state index in [1.54, 1.807) is 18.2 Å².